The van der Waals surface area contributed by atoms with Crippen molar-refractivity contribution in [2.75, 3.05) is 13.1 Å². The van der Waals surface area contributed by atoms with E-state index in [4.69, 9.17) is 11.6 Å². The van der Waals surface area contributed by atoms with Crippen LogP contribution in [-0.2, 0) is 16.1 Å². The minimum absolute atomic E-state index is 0.0921. The minimum Gasteiger partial charge on any atom is -0.349 e. The SMILES string of the molecule is C=CC(=O)N1CC(F)(C(=O)NCc2c(F)cccc2Cl)C1. The van der Waals surface area contributed by atoms with E-state index in [-0.39, 0.29) is 30.2 Å². The van der Waals surface area contributed by atoms with E-state index in [9.17, 15) is 18.4 Å². The zero-order valence-electron chi connectivity index (χ0n) is 11.0. The average Bonchev–Trinajstić information content (AvgIpc) is 2.42. The van der Waals surface area contributed by atoms with Crippen molar-refractivity contribution in [2.24, 2.45) is 0 Å². The Morgan fingerprint density at radius 2 is 2.14 bits per heavy atom. The average molecular weight is 315 g/mol. The van der Waals surface area contributed by atoms with E-state index < -0.39 is 23.3 Å². The van der Waals surface area contributed by atoms with Crippen LogP contribution in [0.2, 0.25) is 5.02 Å². The van der Waals surface area contributed by atoms with Crippen LogP contribution in [0.15, 0.2) is 30.9 Å². The molecule has 2 amide bonds. The van der Waals surface area contributed by atoms with E-state index in [1.54, 1.807) is 0 Å². The summed E-state index contributed by atoms with van der Waals surface area (Å²) in [7, 11) is 0. The molecule has 0 bridgehead atoms. The normalized spacial score (nSPS) is 16.0. The van der Waals surface area contributed by atoms with Crippen LogP contribution in [0.3, 0.4) is 0 Å². The molecular weight excluding hydrogens is 302 g/mol. The number of hydrogen-bond acceptors (Lipinski definition) is 2. The standard InChI is InChI=1S/C14H13ClF2N2O2/c1-2-12(20)19-7-14(17,8-19)13(21)18-6-9-10(15)4-3-5-11(9)16/h2-5H,1,6-8H2,(H,18,21). The number of carbonyl (C=O) groups excluding carboxylic acids is 2. The Bertz CT molecular complexity index is 580. The summed E-state index contributed by atoms with van der Waals surface area (Å²) >= 11 is 5.81. The fraction of sp³-hybridized carbons (Fsp3) is 0.286. The Hall–Kier alpha value is -1.95. The highest BCUT2D eigenvalue weighted by Gasteiger charge is 2.51. The van der Waals surface area contributed by atoms with Crippen LogP contribution < -0.4 is 5.32 Å². The summed E-state index contributed by atoms with van der Waals surface area (Å²) in [5, 5.41) is 2.45. The summed E-state index contributed by atoms with van der Waals surface area (Å²) in [5.41, 5.74) is -2.06. The second-order valence-electron chi connectivity index (χ2n) is 4.75. The van der Waals surface area contributed by atoms with E-state index in [1.807, 2.05) is 0 Å². The van der Waals surface area contributed by atoms with E-state index >= 15 is 0 Å². The number of nitrogens with zero attached hydrogens (tertiary/aromatic N) is 1. The van der Waals surface area contributed by atoms with Gasteiger partial charge in [-0.1, -0.05) is 24.2 Å². The molecule has 0 unspecified atom stereocenters. The number of likely N-dealkylation sites (tertiary alicyclic amines) is 1. The van der Waals surface area contributed by atoms with Gasteiger partial charge >= 0.3 is 0 Å². The molecule has 112 valence electrons. The Morgan fingerprint density at radius 1 is 1.48 bits per heavy atom. The Balaban J connectivity index is 1.94. The zero-order valence-corrected chi connectivity index (χ0v) is 11.8. The van der Waals surface area contributed by atoms with Crippen LogP contribution in [0.1, 0.15) is 5.56 Å². The van der Waals surface area contributed by atoms with Crippen molar-refractivity contribution in [3.05, 3.63) is 47.3 Å². The van der Waals surface area contributed by atoms with Gasteiger partial charge in [-0.05, 0) is 18.2 Å². The molecule has 0 aromatic heterocycles. The molecule has 21 heavy (non-hydrogen) atoms. The molecule has 4 nitrogen and oxygen atoms in total. The third-order valence-electron chi connectivity index (χ3n) is 3.26. The lowest BCUT2D eigenvalue weighted by atomic mass is 9.95. The van der Waals surface area contributed by atoms with E-state index in [1.165, 1.54) is 18.2 Å². The number of rotatable bonds is 4. The van der Waals surface area contributed by atoms with Crippen LogP contribution in [0, 0.1) is 5.82 Å². The van der Waals surface area contributed by atoms with E-state index in [0.29, 0.717) is 0 Å². The van der Waals surface area contributed by atoms with E-state index in [0.717, 1.165) is 11.0 Å². The maximum atomic E-state index is 14.2. The highest BCUT2D eigenvalue weighted by Crippen LogP contribution is 2.26. The fourth-order valence-corrected chi connectivity index (χ4v) is 2.25. The molecule has 1 aliphatic rings. The first-order valence-electron chi connectivity index (χ1n) is 6.19. The lowest BCUT2D eigenvalue weighted by Gasteiger charge is -2.42. The first-order valence-corrected chi connectivity index (χ1v) is 6.56. The van der Waals surface area contributed by atoms with Crippen molar-refractivity contribution in [3.63, 3.8) is 0 Å². The number of nitrogens with one attached hydrogen (secondary N) is 1. The van der Waals surface area contributed by atoms with Crippen LogP contribution in [0.25, 0.3) is 0 Å². The molecule has 7 heteroatoms. The molecule has 1 N–H and O–H groups in total. The number of carbonyl (C=O) groups is 2. The van der Waals surface area contributed by atoms with Gasteiger partial charge in [0, 0.05) is 17.1 Å². The summed E-state index contributed by atoms with van der Waals surface area (Å²) in [5.74, 6) is -1.91. The van der Waals surface area contributed by atoms with Crippen molar-refractivity contribution < 1.29 is 18.4 Å². The second kappa shape index (κ2) is 5.81. The molecule has 0 radical (unpaired) electrons. The first-order chi connectivity index (χ1) is 9.87. The van der Waals surface area contributed by atoms with Crippen LogP contribution in [0.4, 0.5) is 8.78 Å². The van der Waals surface area contributed by atoms with Crippen molar-refractivity contribution in [1.82, 2.24) is 10.2 Å². The third-order valence-corrected chi connectivity index (χ3v) is 3.62. The molecular formula is C14H13ClF2N2O2. The van der Waals surface area contributed by atoms with Gasteiger partial charge in [0.05, 0.1) is 13.1 Å². The molecule has 1 aromatic carbocycles. The lowest BCUT2D eigenvalue weighted by molar-refractivity contribution is -0.153. The van der Waals surface area contributed by atoms with Gasteiger partial charge in [0.15, 0.2) is 0 Å². The molecule has 1 saturated heterocycles. The number of halogens is 3. The zero-order chi connectivity index (χ0) is 15.6. The Morgan fingerprint density at radius 3 is 2.71 bits per heavy atom. The molecule has 0 spiro atoms. The van der Waals surface area contributed by atoms with Crippen LogP contribution in [-0.4, -0.2) is 35.5 Å². The summed E-state index contributed by atoms with van der Waals surface area (Å²) in [6.07, 6.45) is 1.05. The summed E-state index contributed by atoms with van der Waals surface area (Å²) in [6.45, 7) is 2.39. The summed E-state index contributed by atoms with van der Waals surface area (Å²) < 4.78 is 27.7. The Labute approximate surface area is 125 Å². The largest absolute Gasteiger partial charge is 0.349 e. The Kier molecular flexibility index (Phi) is 4.27. The predicted octanol–water partition coefficient (Wildman–Crippen LogP) is 1.83. The molecule has 1 fully saturated rings. The number of amides is 2. The maximum Gasteiger partial charge on any atom is 0.261 e. The topological polar surface area (TPSA) is 49.4 Å². The predicted molar refractivity (Wildman–Crippen MR) is 73.9 cm³/mol. The minimum atomic E-state index is -2.16. The van der Waals surface area contributed by atoms with Gasteiger partial charge in [0.25, 0.3) is 5.91 Å². The van der Waals surface area contributed by atoms with Gasteiger partial charge in [-0.25, -0.2) is 8.78 Å². The second-order valence-corrected chi connectivity index (χ2v) is 5.15. The first kappa shape index (κ1) is 15.4. The van der Waals surface area contributed by atoms with Gasteiger partial charge in [-0.15, -0.1) is 0 Å². The highest BCUT2D eigenvalue weighted by molar-refractivity contribution is 6.31. The monoisotopic (exact) mass is 314 g/mol. The smallest absolute Gasteiger partial charge is 0.261 e. The number of hydrogen-bond donors (Lipinski definition) is 1. The van der Waals surface area contributed by atoms with Crippen molar-refractivity contribution in [3.8, 4) is 0 Å². The molecule has 1 heterocycles. The van der Waals surface area contributed by atoms with Crippen molar-refractivity contribution in [2.45, 2.75) is 12.2 Å². The van der Waals surface area contributed by atoms with Gasteiger partial charge in [-0.3, -0.25) is 9.59 Å². The van der Waals surface area contributed by atoms with Crippen LogP contribution >= 0.6 is 11.6 Å². The number of alkyl halides is 1. The maximum absolute atomic E-state index is 14.2. The van der Waals surface area contributed by atoms with Crippen molar-refractivity contribution >= 4 is 23.4 Å². The highest BCUT2D eigenvalue weighted by atomic mass is 35.5. The van der Waals surface area contributed by atoms with E-state index in [2.05, 4.69) is 11.9 Å². The molecule has 0 atom stereocenters. The molecule has 0 aliphatic carbocycles. The molecule has 1 aromatic rings. The van der Waals surface area contributed by atoms with Gasteiger partial charge in [-0.2, -0.15) is 0 Å². The van der Waals surface area contributed by atoms with Gasteiger partial charge in [0.1, 0.15) is 5.82 Å². The number of benzene rings is 1. The lowest BCUT2D eigenvalue weighted by Crippen LogP contribution is -2.67. The summed E-state index contributed by atoms with van der Waals surface area (Å²) in [6, 6.07) is 4.11. The van der Waals surface area contributed by atoms with Gasteiger partial charge < -0.3 is 10.2 Å². The summed E-state index contributed by atoms with van der Waals surface area (Å²) in [4.78, 5) is 24.2. The molecule has 0 saturated carbocycles. The quantitative estimate of drug-likeness (QED) is 0.862. The van der Waals surface area contributed by atoms with Crippen LogP contribution in [0.5, 0.6) is 0 Å². The van der Waals surface area contributed by atoms with Gasteiger partial charge in [0.2, 0.25) is 11.6 Å². The van der Waals surface area contributed by atoms with Crippen molar-refractivity contribution in [1.29, 1.82) is 0 Å². The third kappa shape index (κ3) is 3.05. The fourth-order valence-electron chi connectivity index (χ4n) is 2.02. The molecule has 1 aliphatic heterocycles. The molecule has 2 rings (SSSR count).